The first-order valence-electron chi connectivity index (χ1n) is 10.8. The number of fused-ring (bicyclic) bond motifs is 1. The topological polar surface area (TPSA) is 102 Å². The van der Waals surface area contributed by atoms with E-state index < -0.39 is 11.6 Å². The van der Waals surface area contributed by atoms with Crippen LogP contribution in [0.3, 0.4) is 0 Å². The molecule has 0 aliphatic carbocycles. The van der Waals surface area contributed by atoms with Crippen molar-refractivity contribution in [2.24, 2.45) is 5.92 Å². The highest BCUT2D eigenvalue weighted by Gasteiger charge is 2.43. The van der Waals surface area contributed by atoms with Crippen molar-refractivity contribution in [3.63, 3.8) is 0 Å². The van der Waals surface area contributed by atoms with Crippen LogP contribution in [0, 0.1) is 5.92 Å². The van der Waals surface area contributed by atoms with Crippen molar-refractivity contribution in [3.05, 3.63) is 34.9 Å². The summed E-state index contributed by atoms with van der Waals surface area (Å²) in [5.74, 6) is -0.413. The van der Waals surface area contributed by atoms with Crippen LogP contribution in [0.15, 0.2) is 18.2 Å². The number of hydrogen-bond donors (Lipinski definition) is 3. The number of benzene rings is 1. The van der Waals surface area contributed by atoms with Gasteiger partial charge in [0.2, 0.25) is 11.8 Å². The predicted molar refractivity (Wildman–Crippen MR) is 108 cm³/mol. The van der Waals surface area contributed by atoms with Gasteiger partial charge < -0.3 is 15.3 Å². The molecule has 0 radical (unpaired) electrons. The Morgan fingerprint density at radius 2 is 1.87 bits per heavy atom. The number of nitrogens with one attached hydrogen (secondary N) is 2. The van der Waals surface area contributed by atoms with Gasteiger partial charge in [-0.25, -0.2) is 0 Å². The molecule has 0 bridgehead atoms. The van der Waals surface area contributed by atoms with Crippen molar-refractivity contribution in [1.29, 1.82) is 0 Å². The lowest BCUT2D eigenvalue weighted by Gasteiger charge is -2.47. The van der Waals surface area contributed by atoms with E-state index in [-0.39, 0.29) is 24.1 Å². The smallest absolute Gasteiger partial charge is 0.255 e. The largest absolute Gasteiger partial charge is 0.387 e. The van der Waals surface area contributed by atoms with Crippen molar-refractivity contribution < 1.29 is 19.5 Å². The van der Waals surface area contributed by atoms with E-state index in [9.17, 15) is 19.5 Å². The van der Waals surface area contributed by atoms with E-state index in [0.29, 0.717) is 37.5 Å². The third-order valence-corrected chi connectivity index (χ3v) is 7.21. The van der Waals surface area contributed by atoms with Gasteiger partial charge in [-0.15, -0.1) is 0 Å². The van der Waals surface area contributed by atoms with E-state index in [4.69, 9.17) is 0 Å². The summed E-state index contributed by atoms with van der Waals surface area (Å²) < 4.78 is 0. The number of likely N-dealkylation sites (tertiary alicyclic amines) is 1. The number of imide groups is 1. The summed E-state index contributed by atoms with van der Waals surface area (Å²) in [6.07, 6.45) is 2.63. The Balaban J connectivity index is 1.22. The van der Waals surface area contributed by atoms with Gasteiger partial charge in [0.25, 0.3) is 5.91 Å². The number of amides is 3. The van der Waals surface area contributed by atoms with Crippen LogP contribution >= 0.6 is 0 Å². The summed E-state index contributed by atoms with van der Waals surface area (Å²) in [4.78, 5) is 40.5. The number of aliphatic hydroxyl groups is 1. The number of hydrogen-bond acceptors (Lipinski definition) is 6. The first-order valence-corrected chi connectivity index (χ1v) is 10.8. The summed E-state index contributed by atoms with van der Waals surface area (Å²) in [6, 6.07) is 5.44. The van der Waals surface area contributed by atoms with Gasteiger partial charge in [-0.3, -0.25) is 24.6 Å². The van der Waals surface area contributed by atoms with Gasteiger partial charge in [0.05, 0.1) is 5.60 Å². The number of carbonyl (C=O) groups excluding carboxylic acids is 3. The molecule has 1 atom stereocenters. The average molecular weight is 412 g/mol. The fourth-order valence-corrected chi connectivity index (χ4v) is 5.26. The summed E-state index contributed by atoms with van der Waals surface area (Å²) in [6.45, 7) is 4.49. The zero-order chi connectivity index (χ0) is 20.9. The second-order valence-electron chi connectivity index (χ2n) is 9.15. The summed E-state index contributed by atoms with van der Waals surface area (Å²) in [7, 11) is 0. The summed E-state index contributed by atoms with van der Waals surface area (Å²) >= 11 is 0. The van der Waals surface area contributed by atoms with Gasteiger partial charge in [0, 0.05) is 38.2 Å². The van der Waals surface area contributed by atoms with Gasteiger partial charge in [-0.1, -0.05) is 12.1 Å². The molecular weight excluding hydrogens is 384 g/mol. The molecule has 4 heterocycles. The second kappa shape index (κ2) is 7.44. The Kier molecular flexibility index (Phi) is 4.88. The van der Waals surface area contributed by atoms with Crippen LogP contribution in [0.5, 0.6) is 0 Å². The Labute approximate surface area is 175 Å². The fourth-order valence-electron chi connectivity index (χ4n) is 5.26. The number of β-amino-alcohol motifs (C(OH)–C–C–N with tert-alkyl or cyclic N) is 1. The average Bonchev–Trinajstić information content (AvgIpc) is 3.03. The van der Waals surface area contributed by atoms with Crippen LogP contribution in [-0.2, 0) is 22.7 Å². The number of piperidine rings is 2. The highest BCUT2D eigenvalue weighted by molar-refractivity contribution is 6.05. The molecule has 160 valence electrons. The molecule has 1 unspecified atom stereocenters. The van der Waals surface area contributed by atoms with Crippen molar-refractivity contribution in [3.8, 4) is 0 Å². The Bertz CT molecular complexity index is 889. The Morgan fingerprint density at radius 3 is 2.53 bits per heavy atom. The van der Waals surface area contributed by atoms with Crippen LogP contribution in [0.25, 0.3) is 0 Å². The summed E-state index contributed by atoms with van der Waals surface area (Å²) in [5.41, 5.74) is 2.18. The van der Waals surface area contributed by atoms with Gasteiger partial charge in [-0.2, -0.15) is 0 Å². The zero-order valence-corrected chi connectivity index (χ0v) is 17.0. The first-order chi connectivity index (χ1) is 14.4. The van der Waals surface area contributed by atoms with Crippen LogP contribution in [0.4, 0.5) is 0 Å². The van der Waals surface area contributed by atoms with Crippen LogP contribution in [-0.4, -0.2) is 70.4 Å². The maximum absolute atomic E-state index is 13.0. The fraction of sp³-hybridized carbons (Fsp3) is 0.591. The second-order valence-corrected chi connectivity index (χ2v) is 9.15. The molecule has 0 spiro atoms. The van der Waals surface area contributed by atoms with Crippen LogP contribution in [0.1, 0.15) is 47.2 Å². The van der Waals surface area contributed by atoms with Gasteiger partial charge in [-0.05, 0) is 55.5 Å². The number of carbonyl (C=O) groups is 3. The molecule has 3 fully saturated rings. The molecule has 5 rings (SSSR count). The van der Waals surface area contributed by atoms with E-state index in [2.05, 4.69) is 21.6 Å². The molecule has 1 aromatic rings. The lowest BCUT2D eigenvalue weighted by Crippen LogP contribution is -2.64. The number of nitrogens with zero attached hydrogens (tertiary/aromatic N) is 2. The van der Waals surface area contributed by atoms with Crippen molar-refractivity contribution in [1.82, 2.24) is 20.4 Å². The maximum Gasteiger partial charge on any atom is 0.255 e. The van der Waals surface area contributed by atoms with Crippen molar-refractivity contribution in [2.45, 2.75) is 50.4 Å². The molecule has 8 heteroatoms. The van der Waals surface area contributed by atoms with Gasteiger partial charge in [0.15, 0.2) is 0 Å². The van der Waals surface area contributed by atoms with Gasteiger partial charge >= 0.3 is 0 Å². The monoisotopic (exact) mass is 412 g/mol. The summed E-state index contributed by atoms with van der Waals surface area (Å²) in [5, 5.41) is 16.1. The zero-order valence-electron chi connectivity index (χ0n) is 17.0. The lowest BCUT2D eigenvalue weighted by molar-refractivity contribution is -0.136. The standard InChI is InChI=1S/C22H28N4O4/c27-19-4-3-18(20(28)24-19)26-11-15-2-1-14(9-17(15)21(26)29)10-25-7-5-16(6-8-25)22(30)12-23-13-22/h1-2,9,16,18,23,30H,3-8,10-13H2,(H,24,27,28). The van der Waals surface area contributed by atoms with E-state index in [0.717, 1.165) is 43.6 Å². The predicted octanol–water partition coefficient (Wildman–Crippen LogP) is -0.00610. The minimum absolute atomic E-state index is 0.125. The molecule has 1 aromatic carbocycles. The molecule has 30 heavy (non-hydrogen) atoms. The van der Waals surface area contributed by atoms with Crippen molar-refractivity contribution >= 4 is 17.7 Å². The van der Waals surface area contributed by atoms with E-state index in [1.54, 1.807) is 4.90 Å². The molecule has 3 amide bonds. The SMILES string of the molecule is O=C1CCC(N2Cc3ccc(CN4CCC(C5(O)CNC5)CC4)cc3C2=O)C(=O)N1. The Hall–Kier alpha value is -2.29. The lowest BCUT2D eigenvalue weighted by atomic mass is 9.76. The van der Waals surface area contributed by atoms with Crippen LogP contribution < -0.4 is 10.6 Å². The molecule has 4 aliphatic heterocycles. The quantitative estimate of drug-likeness (QED) is 0.602. The van der Waals surface area contributed by atoms with E-state index in [1.807, 2.05) is 12.1 Å². The molecular formula is C22H28N4O4. The van der Waals surface area contributed by atoms with Crippen LogP contribution in [0.2, 0.25) is 0 Å². The Morgan fingerprint density at radius 1 is 1.10 bits per heavy atom. The third-order valence-electron chi connectivity index (χ3n) is 7.21. The maximum atomic E-state index is 13.0. The van der Waals surface area contributed by atoms with Crippen molar-refractivity contribution in [2.75, 3.05) is 26.2 Å². The highest BCUT2D eigenvalue weighted by atomic mass is 16.3. The first kappa shape index (κ1) is 19.7. The molecule has 3 saturated heterocycles. The molecule has 8 nitrogen and oxygen atoms in total. The molecule has 0 aromatic heterocycles. The number of rotatable bonds is 4. The van der Waals surface area contributed by atoms with E-state index >= 15 is 0 Å². The third kappa shape index (κ3) is 3.42. The van der Waals surface area contributed by atoms with E-state index in [1.165, 1.54) is 0 Å². The van der Waals surface area contributed by atoms with Gasteiger partial charge in [0.1, 0.15) is 6.04 Å². The normalized spacial score (nSPS) is 27.0. The minimum Gasteiger partial charge on any atom is -0.387 e. The minimum atomic E-state index is -0.572. The molecule has 3 N–H and O–H groups in total. The highest BCUT2D eigenvalue weighted by Crippen LogP contribution is 2.32. The molecule has 0 saturated carbocycles. The molecule has 4 aliphatic rings.